The predicted octanol–water partition coefficient (Wildman–Crippen LogP) is 4.92. The Hall–Kier alpha value is -1.24. The SMILES string of the molecule is CC1=C(C)C(C)(C)Nc2c(C)c(C)c(C)c(C)c21. The van der Waals surface area contributed by atoms with E-state index in [-0.39, 0.29) is 5.54 Å². The molecule has 1 heteroatoms. The topological polar surface area (TPSA) is 12.0 Å². The molecule has 0 unspecified atom stereocenters. The second kappa shape index (κ2) is 3.88. The maximum Gasteiger partial charge on any atom is 0.0532 e. The smallest absolute Gasteiger partial charge is 0.0532 e. The van der Waals surface area contributed by atoms with E-state index in [0.29, 0.717) is 0 Å². The number of hydrogen-bond acceptors (Lipinski definition) is 1. The maximum atomic E-state index is 3.74. The van der Waals surface area contributed by atoms with Gasteiger partial charge in [0.05, 0.1) is 5.54 Å². The van der Waals surface area contributed by atoms with Crippen LogP contribution in [0.15, 0.2) is 5.57 Å². The van der Waals surface area contributed by atoms with Crippen molar-refractivity contribution >= 4 is 11.3 Å². The van der Waals surface area contributed by atoms with E-state index in [0.717, 1.165) is 0 Å². The monoisotopic (exact) mass is 243 g/mol. The lowest BCUT2D eigenvalue weighted by Crippen LogP contribution is -2.36. The molecule has 18 heavy (non-hydrogen) atoms. The molecule has 1 aromatic carbocycles. The first kappa shape index (κ1) is 13.2. The van der Waals surface area contributed by atoms with E-state index in [2.05, 4.69) is 60.7 Å². The maximum absolute atomic E-state index is 3.74. The zero-order valence-electron chi connectivity index (χ0n) is 13.0. The lowest BCUT2D eigenvalue weighted by atomic mass is 9.79. The molecule has 1 aliphatic rings. The van der Waals surface area contributed by atoms with Gasteiger partial charge in [-0.15, -0.1) is 0 Å². The van der Waals surface area contributed by atoms with Crippen LogP contribution in [0.25, 0.3) is 5.57 Å². The number of allylic oxidation sites excluding steroid dienone is 1. The molecule has 0 aromatic heterocycles. The molecular weight excluding hydrogens is 218 g/mol. The number of hydrogen-bond donors (Lipinski definition) is 1. The third kappa shape index (κ3) is 1.60. The normalized spacial score (nSPS) is 17.6. The van der Waals surface area contributed by atoms with Crippen LogP contribution in [-0.2, 0) is 0 Å². The van der Waals surface area contributed by atoms with Crippen LogP contribution in [0.4, 0.5) is 5.69 Å². The molecule has 2 rings (SSSR count). The Morgan fingerprint density at radius 2 is 1.22 bits per heavy atom. The van der Waals surface area contributed by atoms with E-state index in [1.54, 1.807) is 0 Å². The van der Waals surface area contributed by atoms with Crippen molar-refractivity contribution in [2.24, 2.45) is 0 Å². The highest BCUT2D eigenvalue weighted by Crippen LogP contribution is 2.43. The predicted molar refractivity (Wildman–Crippen MR) is 81.4 cm³/mol. The fourth-order valence-electron chi connectivity index (χ4n) is 3.00. The summed E-state index contributed by atoms with van der Waals surface area (Å²) in [4.78, 5) is 0. The van der Waals surface area contributed by atoms with Crippen LogP contribution in [-0.4, -0.2) is 5.54 Å². The van der Waals surface area contributed by atoms with Gasteiger partial charge in [0.1, 0.15) is 0 Å². The van der Waals surface area contributed by atoms with E-state index < -0.39 is 0 Å². The zero-order chi connectivity index (χ0) is 13.8. The van der Waals surface area contributed by atoms with Crippen LogP contribution >= 0.6 is 0 Å². The quantitative estimate of drug-likeness (QED) is 0.682. The molecule has 1 N–H and O–H groups in total. The Bertz CT molecular complexity index is 560. The molecule has 1 heterocycles. The first-order valence-electron chi connectivity index (χ1n) is 6.75. The number of nitrogens with one attached hydrogen (secondary N) is 1. The highest BCUT2D eigenvalue weighted by molar-refractivity contribution is 5.87. The molecule has 0 atom stereocenters. The van der Waals surface area contributed by atoms with Crippen molar-refractivity contribution in [2.45, 2.75) is 60.9 Å². The highest BCUT2D eigenvalue weighted by atomic mass is 15.0. The van der Waals surface area contributed by atoms with E-state index in [1.807, 2.05) is 0 Å². The molecule has 0 fully saturated rings. The van der Waals surface area contributed by atoms with Gasteiger partial charge in [0.2, 0.25) is 0 Å². The van der Waals surface area contributed by atoms with Crippen molar-refractivity contribution < 1.29 is 0 Å². The van der Waals surface area contributed by atoms with Gasteiger partial charge < -0.3 is 5.32 Å². The van der Waals surface area contributed by atoms with Crippen molar-refractivity contribution in [3.8, 4) is 0 Å². The van der Waals surface area contributed by atoms with Gasteiger partial charge in [0.25, 0.3) is 0 Å². The fourth-order valence-corrected chi connectivity index (χ4v) is 3.00. The second-order valence-corrected chi connectivity index (χ2v) is 6.25. The molecular formula is C17H25N. The average molecular weight is 243 g/mol. The van der Waals surface area contributed by atoms with Crippen molar-refractivity contribution in [1.29, 1.82) is 0 Å². The van der Waals surface area contributed by atoms with E-state index in [1.165, 1.54) is 44.7 Å². The summed E-state index contributed by atoms with van der Waals surface area (Å²) < 4.78 is 0. The van der Waals surface area contributed by atoms with Crippen LogP contribution < -0.4 is 5.32 Å². The summed E-state index contributed by atoms with van der Waals surface area (Å²) in [6.45, 7) is 18.0. The van der Waals surface area contributed by atoms with Gasteiger partial charge in [-0.05, 0) is 88.8 Å². The lowest BCUT2D eigenvalue weighted by molar-refractivity contribution is 0.658. The Balaban J connectivity index is 2.88. The summed E-state index contributed by atoms with van der Waals surface area (Å²) in [7, 11) is 0. The van der Waals surface area contributed by atoms with Crippen LogP contribution in [0.3, 0.4) is 0 Å². The van der Waals surface area contributed by atoms with Gasteiger partial charge in [0.15, 0.2) is 0 Å². The average Bonchev–Trinajstić information content (AvgIpc) is 2.30. The summed E-state index contributed by atoms with van der Waals surface area (Å²) in [5, 5.41) is 3.74. The molecule has 0 spiro atoms. The standard InChI is InChI=1S/C17H25N/c1-9-10(2)12(4)16-15(11(9)3)13(5)14(6)17(7,8)18-16/h18H,1-8H3. The Morgan fingerprint density at radius 3 is 1.78 bits per heavy atom. The Morgan fingerprint density at radius 1 is 0.722 bits per heavy atom. The summed E-state index contributed by atoms with van der Waals surface area (Å²) in [5.74, 6) is 0. The largest absolute Gasteiger partial charge is 0.376 e. The summed E-state index contributed by atoms with van der Waals surface area (Å²) in [5.41, 5.74) is 11.4. The van der Waals surface area contributed by atoms with Gasteiger partial charge >= 0.3 is 0 Å². The van der Waals surface area contributed by atoms with Gasteiger partial charge in [-0.2, -0.15) is 0 Å². The van der Waals surface area contributed by atoms with Crippen LogP contribution in [0.2, 0.25) is 0 Å². The number of fused-ring (bicyclic) bond motifs is 1. The van der Waals surface area contributed by atoms with Crippen molar-refractivity contribution in [3.63, 3.8) is 0 Å². The third-order valence-electron chi connectivity index (χ3n) is 5.00. The molecule has 98 valence electrons. The second-order valence-electron chi connectivity index (χ2n) is 6.25. The Labute approximate surface area is 111 Å². The highest BCUT2D eigenvalue weighted by Gasteiger charge is 2.31. The molecule has 0 saturated heterocycles. The van der Waals surface area contributed by atoms with E-state index in [9.17, 15) is 0 Å². The molecule has 1 nitrogen and oxygen atoms in total. The lowest BCUT2D eigenvalue weighted by Gasteiger charge is -2.38. The van der Waals surface area contributed by atoms with E-state index in [4.69, 9.17) is 0 Å². The first-order chi connectivity index (χ1) is 8.18. The Kier molecular flexibility index (Phi) is 2.84. The van der Waals surface area contributed by atoms with Crippen molar-refractivity contribution in [3.05, 3.63) is 33.4 Å². The molecule has 0 bridgehead atoms. The number of benzene rings is 1. The minimum atomic E-state index is 0.0516. The minimum Gasteiger partial charge on any atom is -0.376 e. The van der Waals surface area contributed by atoms with Gasteiger partial charge in [-0.3, -0.25) is 0 Å². The molecule has 1 aromatic rings. The summed E-state index contributed by atoms with van der Waals surface area (Å²) in [6.07, 6.45) is 0. The van der Waals surface area contributed by atoms with Crippen molar-refractivity contribution in [1.82, 2.24) is 0 Å². The van der Waals surface area contributed by atoms with Gasteiger partial charge in [0, 0.05) is 11.3 Å². The van der Waals surface area contributed by atoms with Crippen LogP contribution in [0.1, 0.15) is 55.5 Å². The fraction of sp³-hybridized carbons (Fsp3) is 0.529. The van der Waals surface area contributed by atoms with Gasteiger partial charge in [-0.25, -0.2) is 0 Å². The molecule has 0 aliphatic carbocycles. The third-order valence-corrected chi connectivity index (χ3v) is 5.00. The molecule has 0 amide bonds. The summed E-state index contributed by atoms with van der Waals surface area (Å²) in [6, 6.07) is 0. The molecule has 0 saturated carbocycles. The van der Waals surface area contributed by atoms with Crippen LogP contribution in [0.5, 0.6) is 0 Å². The van der Waals surface area contributed by atoms with E-state index >= 15 is 0 Å². The van der Waals surface area contributed by atoms with Crippen molar-refractivity contribution in [2.75, 3.05) is 5.32 Å². The minimum absolute atomic E-state index is 0.0516. The zero-order valence-corrected chi connectivity index (χ0v) is 13.0. The van der Waals surface area contributed by atoms with Crippen LogP contribution in [0, 0.1) is 27.7 Å². The molecule has 0 radical (unpaired) electrons. The van der Waals surface area contributed by atoms with Gasteiger partial charge in [-0.1, -0.05) is 0 Å². The number of rotatable bonds is 0. The molecule has 1 aliphatic heterocycles. The first-order valence-corrected chi connectivity index (χ1v) is 6.75. The summed E-state index contributed by atoms with van der Waals surface area (Å²) >= 11 is 0. The number of anilines is 1.